The zero-order valence-electron chi connectivity index (χ0n) is 12.1. The van der Waals surface area contributed by atoms with E-state index in [1.54, 1.807) is 4.68 Å². The fourth-order valence-electron chi connectivity index (χ4n) is 2.12. The third kappa shape index (κ3) is 3.41. The van der Waals surface area contributed by atoms with Gasteiger partial charge in [0.05, 0.1) is 6.61 Å². The predicted molar refractivity (Wildman–Crippen MR) is 84.2 cm³/mol. The molecule has 0 aliphatic carbocycles. The number of anilines is 1. The molecule has 0 aliphatic rings. The molecule has 0 spiro atoms. The lowest BCUT2D eigenvalue weighted by Gasteiger charge is -2.07. The van der Waals surface area contributed by atoms with Crippen LogP contribution in [0.4, 0.5) is 5.69 Å². The molecule has 112 valence electrons. The number of aromatic nitrogens is 4. The van der Waals surface area contributed by atoms with E-state index in [4.69, 9.17) is 10.5 Å². The summed E-state index contributed by atoms with van der Waals surface area (Å²) < 4.78 is 7.46. The number of nitrogen functional groups attached to an aromatic ring is 1. The van der Waals surface area contributed by atoms with Crippen molar-refractivity contribution < 1.29 is 4.74 Å². The highest BCUT2D eigenvalue weighted by atomic mass is 16.5. The predicted octanol–water partition coefficient (Wildman–Crippen LogP) is 2.39. The van der Waals surface area contributed by atoms with Crippen molar-refractivity contribution in [1.82, 2.24) is 20.2 Å². The molecule has 2 N–H and O–H groups in total. The molecular formula is C16H17N5O. The van der Waals surface area contributed by atoms with Gasteiger partial charge in [-0.25, -0.2) is 4.68 Å². The van der Waals surface area contributed by atoms with E-state index in [9.17, 15) is 0 Å². The Morgan fingerprint density at radius 2 is 1.77 bits per heavy atom. The Morgan fingerprint density at radius 1 is 1.00 bits per heavy atom. The van der Waals surface area contributed by atoms with Crippen molar-refractivity contribution in [3.05, 3.63) is 54.6 Å². The van der Waals surface area contributed by atoms with Gasteiger partial charge in [-0.2, -0.15) is 0 Å². The molecular weight excluding hydrogens is 278 g/mol. The Hall–Kier alpha value is -2.89. The SMILES string of the molecule is Nc1ccc(OCCCn2nnnc2-c2ccccc2)cc1. The largest absolute Gasteiger partial charge is 0.494 e. The number of ether oxygens (including phenoxy) is 1. The van der Waals surface area contributed by atoms with Crippen molar-refractivity contribution in [1.29, 1.82) is 0 Å². The van der Waals surface area contributed by atoms with Crippen LogP contribution in [-0.4, -0.2) is 26.8 Å². The van der Waals surface area contributed by atoms with Gasteiger partial charge in [0.1, 0.15) is 5.75 Å². The molecule has 0 saturated heterocycles. The number of tetrazole rings is 1. The summed E-state index contributed by atoms with van der Waals surface area (Å²) in [6.45, 7) is 1.30. The average Bonchev–Trinajstić information content (AvgIpc) is 3.02. The van der Waals surface area contributed by atoms with Crippen LogP contribution in [0, 0.1) is 0 Å². The van der Waals surface area contributed by atoms with Gasteiger partial charge in [0, 0.05) is 24.2 Å². The Kier molecular flexibility index (Phi) is 4.29. The number of nitrogens with zero attached hydrogens (tertiary/aromatic N) is 4. The van der Waals surface area contributed by atoms with E-state index in [1.165, 1.54) is 0 Å². The minimum Gasteiger partial charge on any atom is -0.494 e. The molecule has 1 aromatic heterocycles. The molecule has 6 nitrogen and oxygen atoms in total. The number of rotatable bonds is 6. The van der Waals surface area contributed by atoms with Crippen LogP contribution >= 0.6 is 0 Å². The van der Waals surface area contributed by atoms with Gasteiger partial charge in [-0.1, -0.05) is 30.3 Å². The van der Waals surface area contributed by atoms with Crippen molar-refractivity contribution in [2.45, 2.75) is 13.0 Å². The Bertz CT molecular complexity index is 709. The average molecular weight is 295 g/mol. The lowest BCUT2D eigenvalue weighted by molar-refractivity contribution is 0.298. The maximum absolute atomic E-state index is 5.67. The zero-order valence-corrected chi connectivity index (χ0v) is 12.1. The standard InChI is InChI=1S/C16H17N5O/c17-14-7-9-15(10-8-14)22-12-4-11-21-16(18-19-20-21)13-5-2-1-3-6-13/h1-3,5-10H,4,11-12,17H2. The first-order valence-corrected chi connectivity index (χ1v) is 7.13. The maximum atomic E-state index is 5.67. The number of hydrogen-bond acceptors (Lipinski definition) is 5. The molecule has 0 atom stereocenters. The van der Waals surface area contributed by atoms with Crippen LogP contribution in [0.5, 0.6) is 5.75 Å². The van der Waals surface area contributed by atoms with Gasteiger partial charge in [0.2, 0.25) is 0 Å². The highest BCUT2D eigenvalue weighted by molar-refractivity contribution is 5.53. The molecule has 0 bridgehead atoms. The first kappa shape index (κ1) is 14.1. The van der Waals surface area contributed by atoms with Crippen molar-refractivity contribution in [2.75, 3.05) is 12.3 Å². The monoisotopic (exact) mass is 295 g/mol. The van der Waals surface area contributed by atoms with Crippen molar-refractivity contribution in [3.63, 3.8) is 0 Å². The second-order valence-electron chi connectivity index (χ2n) is 4.86. The summed E-state index contributed by atoms with van der Waals surface area (Å²) in [5.74, 6) is 1.59. The molecule has 22 heavy (non-hydrogen) atoms. The van der Waals surface area contributed by atoms with Gasteiger partial charge < -0.3 is 10.5 Å². The first-order chi connectivity index (χ1) is 10.8. The topological polar surface area (TPSA) is 78.9 Å². The molecule has 3 aromatic rings. The van der Waals surface area contributed by atoms with E-state index >= 15 is 0 Å². The minimum absolute atomic E-state index is 0.595. The quantitative estimate of drug-likeness (QED) is 0.558. The summed E-state index contributed by atoms with van der Waals surface area (Å²) in [6.07, 6.45) is 0.815. The zero-order chi connectivity index (χ0) is 15.2. The van der Waals surface area contributed by atoms with Crippen LogP contribution in [0.3, 0.4) is 0 Å². The summed E-state index contributed by atoms with van der Waals surface area (Å²) in [4.78, 5) is 0. The second-order valence-corrected chi connectivity index (χ2v) is 4.86. The van der Waals surface area contributed by atoms with E-state index in [0.717, 1.165) is 29.2 Å². The fraction of sp³-hybridized carbons (Fsp3) is 0.188. The molecule has 0 radical (unpaired) electrons. The normalized spacial score (nSPS) is 10.5. The Labute approximate surface area is 128 Å². The molecule has 2 aromatic carbocycles. The molecule has 0 saturated carbocycles. The molecule has 6 heteroatoms. The van der Waals surface area contributed by atoms with Gasteiger partial charge in [-0.05, 0) is 34.7 Å². The molecule has 0 unspecified atom stereocenters. The number of aryl methyl sites for hydroxylation is 1. The highest BCUT2D eigenvalue weighted by Crippen LogP contribution is 2.16. The highest BCUT2D eigenvalue weighted by Gasteiger charge is 2.07. The summed E-state index contributed by atoms with van der Waals surface area (Å²) in [5, 5.41) is 11.9. The van der Waals surface area contributed by atoms with Crippen molar-refractivity contribution >= 4 is 5.69 Å². The van der Waals surface area contributed by atoms with E-state index in [-0.39, 0.29) is 0 Å². The first-order valence-electron chi connectivity index (χ1n) is 7.13. The summed E-state index contributed by atoms with van der Waals surface area (Å²) in [5.41, 5.74) is 7.37. The number of hydrogen-bond donors (Lipinski definition) is 1. The van der Waals surface area contributed by atoms with Crippen LogP contribution in [0.15, 0.2) is 54.6 Å². The summed E-state index contributed by atoms with van der Waals surface area (Å²) >= 11 is 0. The third-order valence-corrected chi connectivity index (χ3v) is 3.23. The summed E-state index contributed by atoms with van der Waals surface area (Å²) in [6, 6.07) is 17.3. The Balaban J connectivity index is 1.54. The molecule has 0 amide bonds. The van der Waals surface area contributed by atoms with Gasteiger partial charge in [-0.3, -0.25) is 0 Å². The maximum Gasteiger partial charge on any atom is 0.182 e. The van der Waals surface area contributed by atoms with E-state index in [0.29, 0.717) is 13.2 Å². The van der Waals surface area contributed by atoms with Gasteiger partial charge >= 0.3 is 0 Å². The smallest absolute Gasteiger partial charge is 0.182 e. The molecule has 0 fully saturated rings. The van der Waals surface area contributed by atoms with Gasteiger partial charge in [-0.15, -0.1) is 5.10 Å². The third-order valence-electron chi connectivity index (χ3n) is 3.23. The molecule has 1 heterocycles. The lowest BCUT2D eigenvalue weighted by Crippen LogP contribution is -2.07. The fourth-order valence-corrected chi connectivity index (χ4v) is 2.12. The van der Waals surface area contributed by atoms with Crippen molar-refractivity contribution in [3.8, 4) is 17.1 Å². The molecule has 3 rings (SSSR count). The Morgan fingerprint density at radius 3 is 2.55 bits per heavy atom. The van der Waals surface area contributed by atoms with Crippen LogP contribution in [0.2, 0.25) is 0 Å². The van der Waals surface area contributed by atoms with Crippen LogP contribution in [0.1, 0.15) is 6.42 Å². The summed E-state index contributed by atoms with van der Waals surface area (Å²) in [7, 11) is 0. The van der Waals surface area contributed by atoms with E-state index < -0.39 is 0 Å². The van der Waals surface area contributed by atoms with Gasteiger partial charge in [0.15, 0.2) is 5.82 Å². The second kappa shape index (κ2) is 6.71. The molecule has 0 aliphatic heterocycles. The number of benzene rings is 2. The lowest BCUT2D eigenvalue weighted by atomic mass is 10.2. The van der Waals surface area contributed by atoms with E-state index in [1.807, 2.05) is 54.6 Å². The van der Waals surface area contributed by atoms with Crippen LogP contribution in [-0.2, 0) is 6.54 Å². The van der Waals surface area contributed by atoms with E-state index in [2.05, 4.69) is 15.5 Å². The number of nitrogens with two attached hydrogens (primary N) is 1. The van der Waals surface area contributed by atoms with Crippen LogP contribution < -0.4 is 10.5 Å². The minimum atomic E-state index is 0.595. The van der Waals surface area contributed by atoms with Crippen molar-refractivity contribution in [2.24, 2.45) is 0 Å². The van der Waals surface area contributed by atoms with Crippen LogP contribution in [0.25, 0.3) is 11.4 Å². The van der Waals surface area contributed by atoms with Gasteiger partial charge in [0.25, 0.3) is 0 Å².